The molecule has 3 aromatic rings. The first kappa shape index (κ1) is 26.4. The lowest BCUT2D eigenvalue weighted by Crippen LogP contribution is -2.50. The predicted molar refractivity (Wildman–Crippen MR) is 148 cm³/mol. The van der Waals surface area contributed by atoms with Gasteiger partial charge in [0.15, 0.2) is 0 Å². The molecule has 3 N–H and O–H groups in total. The van der Waals surface area contributed by atoms with E-state index in [4.69, 9.17) is 0 Å². The number of hydrogen-bond acceptors (Lipinski definition) is 4. The van der Waals surface area contributed by atoms with E-state index in [2.05, 4.69) is 27.8 Å². The maximum Gasteiger partial charge on any atom is 0.337 e. The second-order valence-corrected chi connectivity index (χ2v) is 11.4. The molecule has 1 aromatic heterocycles. The van der Waals surface area contributed by atoms with E-state index in [0.717, 1.165) is 34.2 Å². The van der Waals surface area contributed by atoms with Crippen molar-refractivity contribution in [3.05, 3.63) is 88.7 Å². The monoisotopic (exact) mass is 526 g/mol. The number of aromatic nitrogens is 1. The van der Waals surface area contributed by atoms with E-state index >= 15 is 0 Å². The van der Waals surface area contributed by atoms with Gasteiger partial charge in [0.1, 0.15) is 0 Å². The SMILES string of the molecule is CC(C)(C)NC(=O)N1CCc2c(-c3cncc(C(=O)O)c3)ccc(CNC(=O)[C@H]3C[C@@H]3c3ccccc3)c2C1. The summed E-state index contributed by atoms with van der Waals surface area (Å²) in [6.07, 6.45) is 4.46. The highest BCUT2D eigenvalue weighted by Crippen LogP contribution is 2.47. The van der Waals surface area contributed by atoms with Crippen molar-refractivity contribution in [1.29, 1.82) is 0 Å². The number of carbonyl (C=O) groups excluding carboxylic acids is 2. The molecule has 0 saturated heterocycles. The molecule has 0 bridgehead atoms. The lowest BCUT2D eigenvalue weighted by molar-refractivity contribution is -0.122. The Morgan fingerprint density at radius 1 is 1.05 bits per heavy atom. The predicted octanol–water partition coefficient (Wildman–Crippen LogP) is 4.73. The molecule has 1 aliphatic heterocycles. The summed E-state index contributed by atoms with van der Waals surface area (Å²) in [7, 11) is 0. The number of nitrogens with one attached hydrogen (secondary N) is 2. The van der Waals surface area contributed by atoms with Gasteiger partial charge in [-0.2, -0.15) is 0 Å². The lowest BCUT2D eigenvalue weighted by atomic mass is 9.87. The molecule has 2 heterocycles. The van der Waals surface area contributed by atoms with Crippen LogP contribution in [0.25, 0.3) is 11.1 Å². The fraction of sp³-hybridized carbons (Fsp3) is 0.355. The van der Waals surface area contributed by atoms with E-state index in [1.165, 1.54) is 11.8 Å². The standard InChI is InChI=1S/C31H34N4O4/c1-31(2,3)34-30(39)35-12-11-24-23(21-13-22(29(37)38)16-32-15-21)10-9-20(27(24)18-35)17-33-28(36)26-14-25(26)19-7-5-4-6-8-19/h4-10,13,15-16,25-26H,11-12,14,17-18H2,1-3H3,(H,33,36)(H,34,39)(H,37,38)/t25-,26+/m1/s1. The first-order valence-electron chi connectivity index (χ1n) is 13.3. The molecule has 0 unspecified atom stereocenters. The number of benzene rings is 2. The number of carbonyl (C=O) groups is 3. The number of fused-ring (bicyclic) bond motifs is 1. The molecule has 0 radical (unpaired) electrons. The van der Waals surface area contributed by atoms with Crippen LogP contribution < -0.4 is 10.6 Å². The van der Waals surface area contributed by atoms with Gasteiger partial charge in [0.25, 0.3) is 0 Å². The Bertz CT molecular complexity index is 1410. The van der Waals surface area contributed by atoms with Crippen LogP contribution in [0.1, 0.15) is 65.7 Å². The van der Waals surface area contributed by atoms with E-state index < -0.39 is 5.97 Å². The number of rotatable bonds is 6. The molecule has 8 nitrogen and oxygen atoms in total. The van der Waals surface area contributed by atoms with Crippen molar-refractivity contribution < 1.29 is 19.5 Å². The summed E-state index contributed by atoms with van der Waals surface area (Å²) in [5.41, 5.74) is 5.57. The largest absolute Gasteiger partial charge is 0.478 e. The summed E-state index contributed by atoms with van der Waals surface area (Å²) < 4.78 is 0. The van der Waals surface area contributed by atoms with Gasteiger partial charge in [-0.05, 0) is 73.4 Å². The Kier molecular flexibility index (Phi) is 7.12. The van der Waals surface area contributed by atoms with Crippen LogP contribution >= 0.6 is 0 Å². The van der Waals surface area contributed by atoms with Crippen LogP contribution in [-0.2, 0) is 24.3 Å². The number of aromatic carboxylic acids is 1. The maximum atomic E-state index is 13.0. The van der Waals surface area contributed by atoms with Gasteiger partial charge in [-0.3, -0.25) is 9.78 Å². The van der Waals surface area contributed by atoms with Crippen molar-refractivity contribution in [2.75, 3.05) is 6.54 Å². The third-order valence-corrected chi connectivity index (χ3v) is 7.38. The Labute approximate surface area is 228 Å². The molecule has 39 heavy (non-hydrogen) atoms. The average molecular weight is 527 g/mol. The van der Waals surface area contributed by atoms with Gasteiger partial charge in [0, 0.05) is 49.0 Å². The Hall–Kier alpha value is -4.20. The topological polar surface area (TPSA) is 112 Å². The highest BCUT2D eigenvalue weighted by molar-refractivity contribution is 5.89. The molecule has 1 saturated carbocycles. The summed E-state index contributed by atoms with van der Waals surface area (Å²) in [4.78, 5) is 43.5. The highest BCUT2D eigenvalue weighted by atomic mass is 16.4. The van der Waals surface area contributed by atoms with Crippen LogP contribution in [0.5, 0.6) is 0 Å². The van der Waals surface area contributed by atoms with Gasteiger partial charge in [0.05, 0.1) is 5.56 Å². The van der Waals surface area contributed by atoms with Gasteiger partial charge in [-0.1, -0.05) is 42.5 Å². The number of hydrogen-bond donors (Lipinski definition) is 3. The molecule has 8 heteroatoms. The summed E-state index contributed by atoms with van der Waals surface area (Å²) in [6, 6.07) is 15.5. The van der Waals surface area contributed by atoms with Gasteiger partial charge >= 0.3 is 12.0 Å². The zero-order chi connectivity index (χ0) is 27.7. The minimum atomic E-state index is -1.03. The van der Waals surface area contributed by atoms with Crippen molar-refractivity contribution in [2.24, 2.45) is 5.92 Å². The van der Waals surface area contributed by atoms with Crippen molar-refractivity contribution in [2.45, 2.75) is 58.2 Å². The molecule has 2 aliphatic rings. The first-order valence-corrected chi connectivity index (χ1v) is 13.3. The van der Waals surface area contributed by atoms with Gasteiger partial charge in [-0.25, -0.2) is 9.59 Å². The average Bonchev–Trinajstić information content (AvgIpc) is 3.72. The van der Waals surface area contributed by atoms with E-state index in [9.17, 15) is 19.5 Å². The summed E-state index contributed by atoms with van der Waals surface area (Å²) in [5, 5.41) is 15.6. The van der Waals surface area contributed by atoms with Crippen molar-refractivity contribution in [3.63, 3.8) is 0 Å². The molecular weight excluding hydrogens is 492 g/mol. The second kappa shape index (κ2) is 10.5. The summed E-state index contributed by atoms with van der Waals surface area (Å²) in [6.45, 7) is 7.14. The van der Waals surface area contributed by atoms with E-state index in [1.54, 1.807) is 17.2 Å². The van der Waals surface area contributed by atoms with E-state index in [0.29, 0.717) is 26.1 Å². The minimum Gasteiger partial charge on any atom is -0.478 e. The van der Waals surface area contributed by atoms with Crippen molar-refractivity contribution in [1.82, 2.24) is 20.5 Å². The molecule has 1 aliphatic carbocycles. The molecule has 0 spiro atoms. The van der Waals surface area contributed by atoms with Crippen LogP contribution in [0.3, 0.4) is 0 Å². The summed E-state index contributed by atoms with van der Waals surface area (Å²) >= 11 is 0. The number of urea groups is 1. The van der Waals surface area contributed by atoms with Crippen LogP contribution in [0.4, 0.5) is 4.79 Å². The normalized spacial score (nSPS) is 18.2. The number of pyridine rings is 1. The summed E-state index contributed by atoms with van der Waals surface area (Å²) in [5.74, 6) is -0.760. The fourth-order valence-electron chi connectivity index (χ4n) is 5.32. The zero-order valence-corrected chi connectivity index (χ0v) is 22.5. The van der Waals surface area contributed by atoms with E-state index in [1.807, 2.05) is 51.1 Å². The molecule has 5 rings (SSSR count). The third kappa shape index (κ3) is 5.95. The molecule has 202 valence electrons. The maximum absolute atomic E-state index is 13.0. The molecule has 2 atom stereocenters. The van der Waals surface area contributed by atoms with Crippen LogP contribution in [0.2, 0.25) is 0 Å². The van der Waals surface area contributed by atoms with Crippen LogP contribution in [0.15, 0.2) is 60.9 Å². The van der Waals surface area contributed by atoms with E-state index in [-0.39, 0.29) is 34.9 Å². The highest BCUT2D eigenvalue weighted by Gasteiger charge is 2.43. The zero-order valence-electron chi connectivity index (χ0n) is 22.5. The quantitative estimate of drug-likeness (QED) is 0.430. The van der Waals surface area contributed by atoms with Crippen LogP contribution in [0, 0.1) is 5.92 Å². The van der Waals surface area contributed by atoms with Gasteiger partial charge in [0.2, 0.25) is 5.91 Å². The number of carboxylic acids is 1. The Morgan fingerprint density at radius 3 is 2.54 bits per heavy atom. The number of amides is 3. The van der Waals surface area contributed by atoms with Crippen molar-refractivity contribution >= 4 is 17.9 Å². The molecular formula is C31H34N4O4. The van der Waals surface area contributed by atoms with Crippen LogP contribution in [-0.4, -0.2) is 45.0 Å². The lowest BCUT2D eigenvalue weighted by Gasteiger charge is -2.34. The smallest absolute Gasteiger partial charge is 0.337 e. The third-order valence-electron chi connectivity index (χ3n) is 7.38. The molecule has 2 aromatic carbocycles. The van der Waals surface area contributed by atoms with Gasteiger partial charge in [-0.15, -0.1) is 0 Å². The van der Waals surface area contributed by atoms with Crippen molar-refractivity contribution in [3.8, 4) is 11.1 Å². The number of nitrogens with zero attached hydrogens (tertiary/aromatic N) is 2. The Morgan fingerprint density at radius 2 is 1.82 bits per heavy atom. The molecule has 3 amide bonds. The van der Waals surface area contributed by atoms with Gasteiger partial charge < -0.3 is 20.6 Å². The molecule has 1 fully saturated rings. The minimum absolute atomic E-state index is 0.0265. The fourth-order valence-corrected chi connectivity index (χ4v) is 5.32. The number of carboxylic acid groups (broad SMARTS) is 1. The first-order chi connectivity index (χ1) is 18.6. The second-order valence-electron chi connectivity index (χ2n) is 11.4. The Balaban J connectivity index is 1.40.